The number of rotatable bonds is 4. The van der Waals surface area contributed by atoms with Gasteiger partial charge in [-0.15, -0.1) is 0 Å². The lowest BCUT2D eigenvalue weighted by molar-refractivity contribution is 0.285. The molecule has 0 fully saturated rings. The number of aromatic hydroxyl groups is 1. The van der Waals surface area contributed by atoms with Crippen LogP contribution in [0.3, 0.4) is 0 Å². The summed E-state index contributed by atoms with van der Waals surface area (Å²) in [7, 11) is 0. The molecule has 0 saturated carbocycles. The third-order valence-corrected chi connectivity index (χ3v) is 3.50. The summed E-state index contributed by atoms with van der Waals surface area (Å²) in [5, 5.41) is 9.91. The predicted molar refractivity (Wildman–Crippen MR) is 72.0 cm³/mol. The second-order valence-corrected chi connectivity index (χ2v) is 5.87. The van der Waals surface area contributed by atoms with Crippen LogP contribution in [0.4, 0.5) is 0 Å². The molecule has 17 heavy (non-hydrogen) atoms. The highest BCUT2D eigenvalue weighted by Crippen LogP contribution is 2.36. The molecule has 0 saturated heterocycles. The first-order valence-corrected chi connectivity index (χ1v) is 6.00. The normalized spacial score (nSPS) is 17.5. The molecular formula is C14H24N2O. The van der Waals surface area contributed by atoms with Gasteiger partial charge < -0.3 is 16.6 Å². The van der Waals surface area contributed by atoms with Gasteiger partial charge in [0.25, 0.3) is 0 Å². The monoisotopic (exact) mass is 236 g/mol. The summed E-state index contributed by atoms with van der Waals surface area (Å²) in [4.78, 5) is 0. The first-order chi connectivity index (χ1) is 7.67. The summed E-state index contributed by atoms with van der Waals surface area (Å²) in [6, 6.07) is 7.30. The zero-order valence-corrected chi connectivity index (χ0v) is 11.2. The molecule has 2 unspecified atom stereocenters. The van der Waals surface area contributed by atoms with Crippen LogP contribution in [0.15, 0.2) is 24.3 Å². The van der Waals surface area contributed by atoms with E-state index in [4.69, 9.17) is 11.5 Å². The molecule has 1 rings (SSSR count). The Bertz CT molecular complexity index is 384. The summed E-state index contributed by atoms with van der Waals surface area (Å²) in [5.41, 5.74) is 12.4. The van der Waals surface area contributed by atoms with Crippen molar-refractivity contribution < 1.29 is 5.11 Å². The summed E-state index contributed by atoms with van der Waals surface area (Å²) in [6.07, 6.45) is 0.718. The lowest BCUT2D eigenvalue weighted by Gasteiger charge is -2.38. The fourth-order valence-corrected chi connectivity index (χ4v) is 2.25. The van der Waals surface area contributed by atoms with Crippen molar-refractivity contribution in [3.8, 4) is 5.75 Å². The van der Waals surface area contributed by atoms with Gasteiger partial charge in [-0.2, -0.15) is 0 Å². The van der Waals surface area contributed by atoms with Gasteiger partial charge in [0.1, 0.15) is 5.75 Å². The van der Waals surface area contributed by atoms with Crippen LogP contribution >= 0.6 is 0 Å². The second kappa shape index (κ2) is 4.67. The smallest absolute Gasteiger partial charge is 0.119 e. The van der Waals surface area contributed by atoms with Crippen LogP contribution in [0.2, 0.25) is 0 Å². The minimum absolute atomic E-state index is 0.0902. The Morgan fingerprint density at radius 3 is 2.24 bits per heavy atom. The van der Waals surface area contributed by atoms with E-state index >= 15 is 0 Å². The van der Waals surface area contributed by atoms with Gasteiger partial charge in [-0.25, -0.2) is 0 Å². The van der Waals surface area contributed by atoms with E-state index in [9.17, 15) is 5.11 Å². The SMILES string of the molecule is CC(N)C(C)(N)CC(C)(C)c1ccccc1O. The highest BCUT2D eigenvalue weighted by atomic mass is 16.3. The molecule has 3 nitrogen and oxygen atoms in total. The van der Waals surface area contributed by atoms with Crippen molar-refractivity contribution in [1.82, 2.24) is 0 Å². The van der Waals surface area contributed by atoms with E-state index in [-0.39, 0.29) is 11.5 Å². The van der Waals surface area contributed by atoms with Crippen LogP contribution in [0, 0.1) is 0 Å². The minimum Gasteiger partial charge on any atom is -0.508 e. The highest BCUT2D eigenvalue weighted by Gasteiger charge is 2.34. The Labute approximate surface area is 104 Å². The third kappa shape index (κ3) is 3.20. The molecule has 0 amide bonds. The standard InChI is InChI=1S/C14H24N2O/c1-10(15)14(4,16)9-13(2,3)11-7-5-6-8-12(11)17/h5-8,10,17H,9,15-16H2,1-4H3. The molecule has 3 heteroatoms. The molecule has 96 valence electrons. The molecule has 0 spiro atoms. The Morgan fingerprint density at radius 1 is 1.24 bits per heavy atom. The van der Waals surface area contributed by atoms with Crippen molar-refractivity contribution in [2.45, 2.75) is 51.1 Å². The number of nitrogens with two attached hydrogens (primary N) is 2. The molecule has 0 aliphatic heterocycles. The number of hydrogen-bond acceptors (Lipinski definition) is 3. The number of hydrogen-bond donors (Lipinski definition) is 3. The van der Waals surface area contributed by atoms with Gasteiger partial charge in [-0.3, -0.25) is 0 Å². The zero-order chi connectivity index (χ0) is 13.3. The van der Waals surface area contributed by atoms with Gasteiger partial charge in [-0.1, -0.05) is 32.0 Å². The molecule has 0 radical (unpaired) electrons. The molecule has 0 bridgehead atoms. The van der Waals surface area contributed by atoms with Crippen molar-refractivity contribution in [1.29, 1.82) is 0 Å². The lowest BCUT2D eigenvalue weighted by atomic mass is 9.72. The van der Waals surface area contributed by atoms with Gasteiger partial charge in [0.2, 0.25) is 0 Å². The van der Waals surface area contributed by atoms with E-state index in [1.807, 2.05) is 32.0 Å². The van der Waals surface area contributed by atoms with Crippen LogP contribution in [-0.2, 0) is 5.41 Å². The Hall–Kier alpha value is -1.06. The van der Waals surface area contributed by atoms with Gasteiger partial charge in [0.05, 0.1) is 0 Å². The van der Waals surface area contributed by atoms with E-state index in [0.717, 1.165) is 12.0 Å². The third-order valence-electron chi connectivity index (χ3n) is 3.50. The number of para-hydroxylation sites is 1. The number of phenolic OH excluding ortho intramolecular Hbond substituents is 1. The minimum atomic E-state index is -0.453. The molecule has 5 N–H and O–H groups in total. The molecular weight excluding hydrogens is 212 g/mol. The van der Waals surface area contributed by atoms with Crippen molar-refractivity contribution in [2.24, 2.45) is 11.5 Å². The van der Waals surface area contributed by atoms with E-state index in [1.165, 1.54) is 0 Å². The van der Waals surface area contributed by atoms with Crippen molar-refractivity contribution >= 4 is 0 Å². The maximum absolute atomic E-state index is 9.91. The van der Waals surface area contributed by atoms with E-state index in [2.05, 4.69) is 13.8 Å². The summed E-state index contributed by atoms with van der Waals surface area (Å²) >= 11 is 0. The molecule has 0 aliphatic carbocycles. The fourth-order valence-electron chi connectivity index (χ4n) is 2.25. The Morgan fingerprint density at radius 2 is 1.76 bits per heavy atom. The summed E-state index contributed by atoms with van der Waals surface area (Å²) in [6.45, 7) is 8.03. The molecule has 1 aromatic rings. The van der Waals surface area contributed by atoms with Gasteiger partial charge in [0, 0.05) is 11.6 Å². The number of benzene rings is 1. The predicted octanol–water partition coefficient (Wildman–Crippen LogP) is 2.12. The van der Waals surface area contributed by atoms with Crippen molar-refractivity contribution in [2.75, 3.05) is 0 Å². The Balaban J connectivity index is 3.01. The van der Waals surface area contributed by atoms with E-state index in [1.54, 1.807) is 6.07 Å². The van der Waals surface area contributed by atoms with E-state index < -0.39 is 5.54 Å². The molecule has 2 atom stereocenters. The van der Waals surface area contributed by atoms with Gasteiger partial charge >= 0.3 is 0 Å². The van der Waals surface area contributed by atoms with Crippen molar-refractivity contribution in [3.63, 3.8) is 0 Å². The lowest BCUT2D eigenvalue weighted by Crippen LogP contribution is -2.54. The average Bonchev–Trinajstić information content (AvgIpc) is 2.16. The average molecular weight is 236 g/mol. The molecule has 0 heterocycles. The van der Waals surface area contributed by atoms with Gasteiger partial charge in [-0.05, 0) is 37.3 Å². The maximum atomic E-state index is 9.91. The topological polar surface area (TPSA) is 72.3 Å². The summed E-state index contributed by atoms with van der Waals surface area (Å²) < 4.78 is 0. The summed E-state index contributed by atoms with van der Waals surface area (Å²) in [5.74, 6) is 0.318. The largest absolute Gasteiger partial charge is 0.508 e. The maximum Gasteiger partial charge on any atom is 0.119 e. The van der Waals surface area contributed by atoms with Crippen LogP contribution in [-0.4, -0.2) is 16.7 Å². The second-order valence-electron chi connectivity index (χ2n) is 5.87. The first-order valence-electron chi connectivity index (χ1n) is 6.00. The first kappa shape index (κ1) is 14.0. The number of phenols is 1. The van der Waals surface area contributed by atoms with Crippen molar-refractivity contribution in [3.05, 3.63) is 29.8 Å². The molecule has 0 aliphatic rings. The van der Waals surface area contributed by atoms with Crippen LogP contribution in [0.25, 0.3) is 0 Å². The van der Waals surface area contributed by atoms with Gasteiger partial charge in [0.15, 0.2) is 0 Å². The Kier molecular flexibility index (Phi) is 3.84. The zero-order valence-electron chi connectivity index (χ0n) is 11.2. The van der Waals surface area contributed by atoms with Crippen LogP contribution in [0.5, 0.6) is 5.75 Å². The van der Waals surface area contributed by atoms with Crippen LogP contribution < -0.4 is 11.5 Å². The molecule has 0 aromatic heterocycles. The van der Waals surface area contributed by atoms with E-state index in [0.29, 0.717) is 5.75 Å². The van der Waals surface area contributed by atoms with Crippen LogP contribution in [0.1, 0.15) is 39.7 Å². The quantitative estimate of drug-likeness (QED) is 0.750. The fraction of sp³-hybridized carbons (Fsp3) is 0.571. The molecule has 1 aromatic carbocycles. The highest BCUT2D eigenvalue weighted by molar-refractivity contribution is 5.38.